The summed E-state index contributed by atoms with van der Waals surface area (Å²) in [5.74, 6) is 7.99. The Kier molecular flexibility index (Phi) is 17.8. The minimum atomic E-state index is -0.823. The number of rotatable bonds is 18. The summed E-state index contributed by atoms with van der Waals surface area (Å²) in [7, 11) is 3.96. The number of carbonyl (C=O) groups excluding carboxylic acids is 2. The van der Waals surface area contributed by atoms with Gasteiger partial charge in [0, 0.05) is 113 Å². The number of phenols is 1. The van der Waals surface area contributed by atoms with Crippen molar-refractivity contribution in [2.75, 3.05) is 93.4 Å². The molecule has 1 aliphatic carbocycles. The number of aliphatic hydroxyl groups excluding tert-OH is 1. The number of phenolic OH excluding ortho intramolecular Hbond substituents is 1. The molecule has 5 saturated heterocycles. The molecule has 20 nitrogen and oxygen atoms in total. The van der Waals surface area contributed by atoms with E-state index in [9.17, 15) is 19.8 Å². The maximum Gasteiger partial charge on any atom is 0.243 e. The standard InChI is InChI=1S/C65H81N13O7S/c1-40(2)61(65(82)77-38-48(79)30-56(77)64(81)69-41(3)43-12-14-44(15-13-43)62-53(68-39-86-62)10-8-24-73(4)5)58-34-59(72-85-58)75-27-19-42(20-28-75)35-74-25-21-49(22-26-74)83-50-31-51(32-50)84-60-29-45(18-23-67-60)78-46-16-17-47(78)37-76(36-46)55-33-54(70-71-63(55)66)52-9-6-7-11-57(52)80/h6-7,9,11-15,18,23,29,33-34,39-42,46-51,56,61,79-80H,16-17,19-22,24-28,30-32,35-38H2,1-5H3,(H2,66,71)(H,69,81)/t41-,46+,47?,48+,50?,51?,56-,61+/m0/s1. The summed E-state index contributed by atoms with van der Waals surface area (Å²) < 4.78 is 19.1. The van der Waals surface area contributed by atoms with E-state index in [0.29, 0.717) is 53.3 Å². The zero-order valence-corrected chi connectivity index (χ0v) is 50.8. The summed E-state index contributed by atoms with van der Waals surface area (Å²) in [5.41, 5.74) is 14.1. The van der Waals surface area contributed by atoms with Gasteiger partial charge in [0.05, 0.1) is 52.7 Å². The highest BCUT2D eigenvalue weighted by atomic mass is 32.1. The van der Waals surface area contributed by atoms with Gasteiger partial charge in [0.1, 0.15) is 29.5 Å². The lowest BCUT2D eigenvalue weighted by molar-refractivity contribution is -0.141. The molecule has 4 aromatic heterocycles. The first-order valence-electron chi connectivity index (χ1n) is 30.8. The van der Waals surface area contributed by atoms with Crippen LogP contribution >= 0.6 is 11.3 Å². The summed E-state index contributed by atoms with van der Waals surface area (Å²) in [4.78, 5) is 51.8. The van der Waals surface area contributed by atoms with Crippen molar-refractivity contribution in [3.8, 4) is 45.2 Å². The van der Waals surface area contributed by atoms with Crippen molar-refractivity contribution in [1.82, 2.24) is 45.3 Å². The molecule has 12 rings (SSSR count). The van der Waals surface area contributed by atoms with Crippen molar-refractivity contribution >= 4 is 46.2 Å². The zero-order chi connectivity index (χ0) is 59.6. The molecule has 2 amide bonds. The summed E-state index contributed by atoms with van der Waals surface area (Å²) in [6, 6.07) is 22.7. The number of ether oxygens (including phenoxy) is 2. The van der Waals surface area contributed by atoms with Crippen molar-refractivity contribution < 1.29 is 33.8 Å². The number of anilines is 4. The molecule has 1 unspecified atom stereocenters. The SMILES string of the molecule is CC(C)[C@@H](C(=O)N1C[C@H](O)C[C@H]1C(=O)N[C@@H](C)c1ccc(-c2scnc2C#CCN(C)C)cc1)c1cc(N2CCC(CN3CCC(OC4CC(Oc5cc(N6C7CC[C@@H]6CN(c6cc(-c8ccccc8O)nnc6N)C7)ccn5)C4)CC3)CC2)no1. The number of piperidine rings is 2. The van der Waals surface area contributed by atoms with Crippen LogP contribution in [0.4, 0.5) is 23.0 Å². The molecule has 5 N–H and O–H groups in total. The molecule has 9 heterocycles. The minimum Gasteiger partial charge on any atom is -0.507 e. The van der Waals surface area contributed by atoms with E-state index in [1.54, 1.807) is 29.0 Å². The highest BCUT2D eigenvalue weighted by molar-refractivity contribution is 7.13. The maximum atomic E-state index is 14.5. The number of hydrogen-bond donors (Lipinski definition) is 4. The van der Waals surface area contributed by atoms with E-state index >= 15 is 0 Å². The molecule has 5 aliphatic heterocycles. The van der Waals surface area contributed by atoms with E-state index in [1.807, 2.05) is 94.5 Å². The number of β-amino-alcohol motifs (C(OH)–C–C–N with tert-alkyl or cyclic N) is 1. The molecular formula is C65H81N13O7S. The van der Waals surface area contributed by atoms with Crippen LogP contribution in [0.1, 0.15) is 108 Å². The first-order valence-corrected chi connectivity index (χ1v) is 31.7. The van der Waals surface area contributed by atoms with Crippen LogP contribution in [0.25, 0.3) is 21.7 Å². The molecule has 6 atom stereocenters. The van der Waals surface area contributed by atoms with Gasteiger partial charge in [-0.2, -0.15) is 0 Å². The van der Waals surface area contributed by atoms with Crippen LogP contribution in [-0.4, -0.2) is 178 Å². The zero-order valence-electron chi connectivity index (χ0n) is 50.0. The van der Waals surface area contributed by atoms with Crippen molar-refractivity contribution in [1.29, 1.82) is 0 Å². The first kappa shape index (κ1) is 59.0. The first-order chi connectivity index (χ1) is 41.7. The van der Waals surface area contributed by atoms with Gasteiger partial charge in [-0.05, 0) is 113 Å². The highest BCUT2D eigenvalue weighted by Gasteiger charge is 2.45. The van der Waals surface area contributed by atoms with Gasteiger partial charge in [-0.1, -0.05) is 61.3 Å². The second-order valence-electron chi connectivity index (χ2n) is 25.1. The van der Waals surface area contributed by atoms with E-state index in [1.165, 1.54) is 4.90 Å². The molecule has 2 bridgehead atoms. The fourth-order valence-corrected chi connectivity index (χ4v) is 14.4. The number of nitrogens with two attached hydrogens (primary N) is 1. The second kappa shape index (κ2) is 25.9. The number of benzene rings is 2. The van der Waals surface area contributed by atoms with Gasteiger partial charge in [-0.3, -0.25) is 14.5 Å². The van der Waals surface area contributed by atoms with Crippen molar-refractivity contribution in [3.63, 3.8) is 0 Å². The monoisotopic (exact) mass is 1190 g/mol. The van der Waals surface area contributed by atoms with Crippen molar-refractivity contribution in [3.05, 3.63) is 102 Å². The smallest absolute Gasteiger partial charge is 0.243 e. The van der Waals surface area contributed by atoms with E-state index < -0.39 is 18.1 Å². The number of nitrogens with zero attached hydrogens (tertiary/aromatic N) is 11. The molecule has 21 heteroatoms. The largest absolute Gasteiger partial charge is 0.507 e. The fourth-order valence-electron chi connectivity index (χ4n) is 13.6. The molecule has 1 saturated carbocycles. The average molecular weight is 1190 g/mol. The van der Waals surface area contributed by atoms with Crippen LogP contribution in [-0.2, 0) is 14.3 Å². The van der Waals surface area contributed by atoms with Gasteiger partial charge in [0.25, 0.3) is 0 Å². The number of aliphatic hydroxyl groups is 1. The van der Waals surface area contributed by atoms with Crippen LogP contribution in [0.2, 0.25) is 0 Å². The van der Waals surface area contributed by atoms with Crippen molar-refractivity contribution in [2.24, 2.45) is 11.8 Å². The van der Waals surface area contributed by atoms with E-state index in [2.05, 4.69) is 74.2 Å². The number of nitrogen functional groups attached to an aromatic ring is 1. The number of amides is 2. The van der Waals surface area contributed by atoms with Gasteiger partial charge in [0.15, 0.2) is 17.4 Å². The lowest BCUT2D eigenvalue weighted by atomic mass is 9.91. The summed E-state index contributed by atoms with van der Waals surface area (Å²) in [6.07, 6.45) is 9.76. The van der Waals surface area contributed by atoms with E-state index in [0.717, 1.165) is 136 Å². The van der Waals surface area contributed by atoms with Gasteiger partial charge >= 0.3 is 0 Å². The number of aromatic nitrogens is 5. The quantitative estimate of drug-likeness (QED) is 0.0608. The summed E-state index contributed by atoms with van der Waals surface area (Å²) >= 11 is 1.54. The summed E-state index contributed by atoms with van der Waals surface area (Å²) in [6.45, 7) is 13.0. The average Bonchev–Trinajstić information content (AvgIpc) is 2.57. The predicted octanol–water partition coefficient (Wildman–Crippen LogP) is 7.59. The molecule has 6 aromatic rings. The van der Waals surface area contributed by atoms with Crippen LogP contribution in [0.3, 0.4) is 0 Å². The van der Waals surface area contributed by atoms with Crippen LogP contribution in [0, 0.1) is 23.7 Å². The van der Waals surface area contributed by atoms with Crippen LogP contribution in [0.5, 0.6) is 11.6 Å². The van der Waals surface area contributed by atoms with Gasteiger partial charge < -0.3 is 59.8 Å². The number of likely N-dealkylation sites (tertiary alicyclic amines) is 2. The lowest BCUT2D eigenvalue weighted by Gasteiger charge is -2.43. The van der Waals surface area contributed by atoms with Gasteiger partial charge in [-0.15, -0.1) is 21.5 Å². The number of thiazole rings is 1. The summed E-state index contributed by atoms with van der Waals surface area (Å²) in [5, 5.41) is 37.6. The Hall–Kier alpha value is -7.35. The number of piperazine rings is 1. The molecule has 454 valence electrons. The Morgan fingerprint density at radius 3 is 2.35 bits per heavy atom. The Balaban J connectivity index is 0.563. The normalized spacial score (nSPS) is 23.5. The van der Waals surface area contributed by atoms with Gasteiger partial charge in [-0.25, -0.2) is 9.97 Å². The maximum absolute atomic E-state index is 14.5. The topological polar surface area (TPSA) is 228 Å². The third kappa shape index (κ3) is 13.1. The highest BCUT2D eigenvalue weighted by Crippen LogP contribution is 2.41. The predicted molar refractivity (Wildman–Crippen MR) is 332 cm³/mol. The number of aromatic hydroxyl groups is 1. The number of nitrogens with one attached hydrogen (secondary N) is 1. The van der Waals surface area contributed by atoms with Crippen LogP contribution in [0.15, 0.2) is 89.0 Å². The number of carbonyl (C=O) groups is 2. The molecule has 0 radical (unpaired) electrons. The van der Waals surface area contributed by atoms with E-state index in [4.69, 9.17) is 19.7 Å². The number of fused-ring (bicyclic) bond motifs is 2. The minimum absolute atomic E-state index is 0.0710. The number of para-hydroxylation sites is 1. The van der Waals surface area contributed by atoms with E-state index in [-0.39, 0.29) is 60.8 Å². The Bertz CT molecular complexity index is 3370. The Morgan fingerprint density at radius 1 is 0.860 bits per heavy atom. The fraction of sp³-hybridized carbons (Fsp3) is 0.523. The van der Waals surface area contributed by atoms with Crippen LogP contribution < -0.4 is 30.5 Å². The molecule has 2 aromatic carbocycles. The Labute approximate surface area is 508 Å². The second-order valence-corrected chi connectivity index (χ2v) is 25.9. The molecule has 6 fully saturated rings. The Morgan fingerprint density at radius 2 is 1.62 bits per heavy atom. The third-order valence-electron chi connectivity index (χ3n) is 18.4. The lowest BCUT2D eigenvalue weighted by Crippen LogP contribution is -2.54. The third-order valence-corrected chi connectivity index (χ3v) is 19.2. The molecule has 6 aliphatic rings. The number of hydrogen-bond acceptors (Lipinski definition) is 19. The van der Waals surface area contributed by atoms with Gasteiger partial charge in [0.2, 0.25) is 17.7 Å². The van der Waals surface area contributed by atoms with Crippen molar-refractivity contribution in [2.45, 2.75) is 133 Å². The number of pyridine rings is 1. The molecule has 0 spiro atoms. The molecule has 86 heavy (non-hydrogen) atoms. The molecular weight excluding hydrogens is 1110 g/mol.